The van der Waals surface area contributed by atoms with Crippen LogP contribution in [0.3, 0.4) is 0 Å². The molecule has 13 heavy (non-hydrogen) atoms. The largest absolute Gasteiger partial charge is 0.251 e. The van der Waals surface area contributed by atoms with Gasteiger partial charge in [0.05, 0.1) is 11.2 Å². The van der Waals surface area contributed by atoms with E-state index < -0.39 is 10.0 Å². The molecule has 0 saturated heterocycles. The van der Waals surface area contributed by atoms with E-state index in [2.05, 4.69) is 9.71 Å². The number of alkyl halides is 1. The molecule has 1 rings (SSSR count). The lowest BCUT2D eigenvalue weighted by Gasteiger charge is -1.99. The Labute approximate surface area is 86.0 Å². The van der Waals surface area contributed by atoms with Gasteiger partial charge in [0.15, 0.2) is 4.21 Å². The SMILES string of the molecule is Cc1ncc(S(=O)(=O)NCCCl)s1. The summed E-state index contributed by atoms with van der Waals surface area (Å²) in [6, 6.07) is 0. The van der Waals surface area contributed by atoms with Gasteiger partial charge < -0.3 is 0 Å². The molecule has 0 aromatic carbocycles. The standard InChI is InChI=1S/C6H9ClN2O2S2/c1-5-8-4-6(12-5)13(10,11)9-3-2-7/h4,9H,2-3H2,1H3. The monoisotopic (exact) mass is 240 g/mol. The topological polar surface area (TPSA) is 59.1 Å². The van der Waals surface area contributed by atoms with Crippen molar-refractivity contribution >= 4 is 33.0 Å². The normalized spacial score (nSPS) is 11.8. The molecule has 74 valence electrons. The summed E-state index contributed by atoms with van der Waals surface area (Å²) in [6.45, 7) is 1.99. The van der Waals surface area contributed by atoms with Crippen molar-refractivity contribution in [3.8, 4) is 0 Å². The van der Waals surface area contributed by atoms with Gasteiger partial charge in [0.25, 0.3) is 10.0 Å². The fourth-order valence-electron chi connectivity index (χ4n) is 0.710. The van der Waals surface area contributed by atoms with E-state index in [0.29, 0.717) is 0 Å². The molecular weight excluding hydrogens is 232 g/mol. The molecule has 0 aliphatic heterocycles. The van der Waals surface area contributed by atoms with E-state index in [4.69, 9.17) is 11.6 Å². The first-order valence-corrected chi connectivity index (χ1v) is 6.38. The maximum atomic E-state index is 11.4. The average molecular weight is 241 g/mol. The van der Waals surface area contributed by atoms with Crippen molar-refractivity contribution in [2.75, 3.05) is 12.4 Å². The van der Waals surface area contributed by atoms with Crippen LogP contribution in [0.25, 0.3) is 0 Å². The van der Waals surface area contributed by atoms with Gasteiger partial charge in [-0.2, -0.15) is 0 Å². The lowest BCUT2D eigenvalue weighted by Crippen LogP contribution is -2.24. The average Bonchev–Trinajstić information content (AvgIpc) is 2.49. The second-order valence-electron chi connectivity index (χ2n) is 2.29. The molecule has 0 fully saturated rings. The van der Waals surface area contributed by atoms with Crippen molar-refractivity contribution in [3.63, 3.8) is 0 Å². The van der Waals surface area contributed by atoms with E-state index in [0.717, 1.165) is 16.3 Å². The fourth-order valence-corrected chi connectivity index (χ4v) is 3.10. The number of nitrogens with one attached hydrogen (secondary N) is 1. The molecule has 0 spiro atoms. The van der Waals surface area contributed by atoms with Crippen LogP contribution in [0.2, 0.25) is 0 Å². The molecule has 1 aromatic rings. The molecule has 0 aliphatic rings. The summed E-state index contributed by atoms with van der Waals surface area (Å²) in [5.74, 6) is 0.261. The Balaban J connectivity index is 2.82. The second-order valence-corrected chi connectivity index (χ2v) is 5.89. The van der Waals surface area contributed by atoms with E-state index >= 15 is 0 Å². The lowest BCUT2D eigenvalue weighted by atomic mass is 10.8. The van der Waals surface area contributed by atoms with Gasteiger partial charge in [-0.05, 0) is 6.92 Å². The predicted octanol–water partition coefficient (Wildman–Crippen LogP) is 0.969. The fraction of sp³-hybridized carbons (Fsp3) is 0.500. The molecule has 0 unspecified atom stereocenters. The van der Waals surface area contributed by atoms with Crippen molar-refractivity contribution in [1.29, 1.82) is 0 Å². The molecular formula is C6H9ClN2O2S2. The van der Waals surface area contributed by atoms with E-state index in [-0.39, 0.29) is 16.6 Å². The van der Waals surface area contributed by atoms with Gasteiger partial charge in [-0.15, -0.1) is 22.9 Å². The highest BCUT2D eigenvalue weighted by Crippen LogP contribution is 2.16. The van der Waals surface area contributed by atoms with Gasteiger partial charge in [0.2, 0.25) is 0 Å². The van der Waals surface area contributed by atoms with E-state index in [9.17, 15) is 8.42 Å². The number of thiazole rings is 1. The third-order valence-corrected chi connectivity index (χ3v) is 4.28. The van der Waals surface area contributed by atoms with Crippen LogP contribution in [0, 0.1) is 6.92 Å². The summed E-state index contributed by atoms with van der Waals surface area (Å²) in [5.41, 5.74) is 0. The summed E-state index contributed by atoms with van der Waals surface area (Å²) < 4.78 is 25.4. The lowest BCUT2D eigenvalue weighted by molar-refractivity contribution is 0.586. The van der Waals surface area contributed by atoms with Crippen LogP contribution >= 0.6 is 22.9 Å². The molecule has 0 aliphatic carbocycles. The number of sulfonamides is 1. The number of nitrogens with zero attached hydrogens (tertiary/aromatic N) is 1. The molecule has 1 aromatic heterocycles. The first-order chi connectivity index (χ1) is 6.06. The van der Waals surface area contributed by atoms with E-state index in [1.54, 1.807) is 6.92 Å². The zero-order chi connectivity index (χ0) is 9.90. The van der Waals surface area contributed by atoms with E-state index in [1.165, 1.54) is 6.20 Å². The van der Waals surface area contributed by atoms with Crippen LogP contribution in [0.15, 0.2) is 10.4 Å². The Bertz CT molecular complexity index is 374. The predicted molar refractivity (Wildman–Crippen MR) is 52.8 cm³/mol. The molecule has 1 heterocycles. The number of hydrogen-bond donors (Lipinski definition) is 1. The number of halogens is 1. The van der Waals surface area contributed by atoms with Gasteiger partial charge in [-0.25, -0.2) is 18.1 Å². The first-order valence-electron chi connectivity index (χ1n) is 3.54. The molecule has 0 saturated carbocycles. The Morgan fingerprint density at radius 1 is 1.69 bits per heavy atom. The molecule has 0 atom stereocenters. The Morgan fingerprint density at radius 2 is 2.38 bits per heavy atom. The summed E-state index contributed by atoms with van der Waals surface area (Å²) in [7, 11) is -3.38. The van der Waals surface area contributed by atoms with Crippen LogP contribution in [0.4, 0.5) is 0 Å². The number of aromatic nitrogens is 1. The zero-order valence-electron chi connectivity index (χ0n) is 6.95. The summed E-state index contributed by atoms with van der Waals surface area (Å²) >= 11 is 6.50. The van der Waals surface area contributed by atoms with Crippen LogP contribution in [-0.4, -0.2) is 25.8 Å². The minimum Gasteiger partial charge on any atom is -0.249 e. The molecule has 0 bridgehead atoms. The van der Waals surface area contributed by atoms with Gasteiger partial charge in [-0.1, -0.05) is 0 Å². The summed E-state index contributed by atoms with van der Waals surface area (Å²) in [4.78, 5) is 3.86. The first kappa shape index (κ1) is 10.9. The number of hydrogen-bond acceptors (Lipinski definition) is 4. The molecule has 0 radical (unpaired) electrons. The van der Waals surface area contributed by atoms with Crippen molar-refractivity contribution in [2.45, 2.75) is 11.1 Å². The maximum Gasteiger partial charge on any atom is 0.251 e. The zero-order valence-corrected chi connectivity index (χ0v) is 9.34. The highest BCUT2D eigenvalue weighted by molar-refractivity contribution is 7.91. The van der Waals surface area contributed by atoms with Crippen LogP contribution < -0.4 is 4.72 Å². The number of aryl methyl sites for hydroxylation is 1. The Hall–Kier alpha value is -0.170. The van der Waals surface area contributed by atoms with Crippen molar-refractivity contribution in [2.24, 2.45) is 0 Å². The van der Waals surface area contributed by atoms with Crippen LogP contribution in [0.1, 0.15) is 5.01 Å². The highest BCUT2D eigenvalue weighted by Gasteiger charge is 2.15. The summed E-state index contributed by atoms with van der Waals surface area (Å²) in [5, 5.41) is 0.728. The molecule has 1 N–H and O–H groups in total. The molecule has 0 amide bonds. The van der Waals surface area contributed by atoms with Gasteiger partial charge in [0, 0.05) is 12.4 Å². The highest BCUT2D eigenvalue weighted by atomic mass is 35.5. The summed E-state index contributed by atoms with van der Waals surface area (Å²) in [6.07, 6.45) is 1.34. The van der Waals surface area contributed by atoms with Gasteiger partial charge in [0.1, 0.15) is 0 Å². The quantitative estimate of drug-likeness (QED) is 0.798. The number of rotatable bonds is 4. The van der Waals surface area contributed by atoms with Crippen molar-refractivity contribution in [1.82, 2.24) is 9.71 Å². The smallest absolute Gasteiger partial charge is 0.249 e. The van der Waals surface area contributed by atoms with Gasteiger partial charge >= 0.3 is 0 Å². The Morgan fingerprint density at radius 3 is 2.85 bits per heavy atom. The van der Waals surface area contributed by atoms with Crippen LogP contribution in [0.5, 0.6) is 0 Å². The maximum absolute atomic E-state index is 11.4. The minimum atomic E-state index is -3.38. The van der Waals surface area contributed by atoms with Crippen LogP contribution in [-0.2, 0) is 10.0 Å². The second kappa shape index (κ2) is 4.36. The van der Waals surface area contributed by atoms with Crippen molar-refractivity contribution < 1.29 is 8.42 Å². The van der Waals surface area contributed by atoms with E-state index in [1.807, 2.05) is 0 Å². The third-order valence-electron chi connectivity index (χ3n) is 1.25. The molecule has 4 nitrogen and oxygen atoms in total. The minimum absolute atomic E-state index is 0.232. The third kappa shape index (κ3) is 2.91. The van der Waals surface area contributed by atoms with Gasteiger partial charge in [-0.3, -0.25) is 0 Å². The Kier molecular flexibility index (Phi) is 3.66. The molecule has 7 heteroatoms. The van der Waals surface area contributed by atoms with Crippen molar-refractivity contribution in [3.05, 3.63) is 11.2 Å².